The van der Waals surface area contributed by atoms with E-state index in [1.165, 1.54) is 11.9 Å². The van der Waals surface area contributed by atoms with Gasteiger partial charge in [0.15, 0.2) is 0 Å². The second kappa shape index (κ2) is 7.74. The molecule has 132 valence electrons. The van der Waals surface area contributed by atoms with Crippen molar-refractivity contribution >= 4 is 5.91 Å². The second-order valence-electron chi connectivity index (χ2n) is 6.96. The Morgan fingerprint density at radius 1 is 1.08 bits per heavy atom. The standard InChI is InChI=1S/C20H26N4O/c1-14(2)24-10-4-5-19(20(24)25)23-15(3)16-6-8-17(9-7-16)18-11-21-13-22-12-18/h6-9,11-15,19,23H,4-5,10H2,1-3H3/t15-,19+/m1/s1. The molecule has 1 N–H and O–H groups in total. The topological polar surface area (TPSA) is 58.1 Å². The lowest BCUT2D eigenvalue weighted by atomic mass is 9.99. The van der Waals surface area contributed by atoms with Gasteiger partial charge in [-0.3, -0.25) is 10.1 Å². The summed E-state index contributed by atoms with van der Waals surface area (Å²) in [5.74, 6) is 0.228. The Labute approximate surface area is 149 Å². The van der Waals surface area contributed by atoms with Crippen molar-refractivity contribution in [2.45, 2.75) is 51.7 Å². The van der Waals surface area contributed by atoms with Crippen LogP contribution in [0.25, 0.3) is 11.1 Å². The van der Waals surface area contributed by atoms with E-state index < -0.39 is 0 Å². The molecule has 1 amide bonds. The van der Waals surface area contributed by atoms with Crippen LogP contribution in [0.5, 0.6) is 0 Å². The first kappa shape index (κ1) is 17.5. The lowest BCUT2D eigenvalue weighted by Gasteiger charge is -2.36. The maximum absolute atomic E-state index is 12.6. The van der Waals surface area contributed by atoms with Crippen LogP contribution < -0.4 is 5.32 Å². The van der Waals surface area contributed by atoms with E-state index in [0.29, 0.717) is 0 Å². The molecule has 0 aliphatic carbocycles. The van der Waals surface area contributed by atoms with Gasteiger partial charge in [0.2, 0.25) is 5.91 Å². The average molecular weight is 338 g/mol. The van der Waals surface area contributed by atoms with Crippen LogP contribution in [0.3, 0.4) is 0 Å². The lowest BCUT2D eigenvalue weighted by Crippen LogP contribution is -2.53. The van der Waals surface area contributed by atoms with Gasteiger partial charge in [-0.1, -0.05) is 24.3 Å². The number of rotatable bonds is 5. The number of amides is 1. The summed E-state index contributed by atoms with van der Waals surface area (Å²) in [5.41, 5.74) is 3.27. The zero-order valence-corrected chi connectivity index (χ0v) is 15.1. The monoisotopic (exact) mass is 338 g/mol. The highest BCUT2D eigenvalue weighted by atomic mass is 16.2. The quantitative estimate of drug-likeness (QED) is 0.909. The number of nitrogens with zero attached hydrogens (tertiary/aromatic N) is 3. The van der Waals surface area contributed by atoms with Gasteiger partial charge in [-0.15, -0.1) is 0 Å². The number of benzene rings is 1. The van der Waals surface area contributed by atoms with Crippen LogP contribution in [0, 0.1) is 0 Å². The zero-order chi connectivity index (χ0) is 17.8. The predicted molar refractivity (Wildman–Crippen MR) is 98.9 cm³/mol. The van der Waals surface area contributed by atoms with Gasteiger partial charge < -0.3 is 4.90 Å². The smallest absolute Gasteiger partial charge is 0.239 e. The molecule has 1 aromatic heterocycles. The fraction of sp³-hybridized carbons (Fsp3) is 0.450. The Hall–Kier alpha value is -2.27. The molecular formula is C20H26N4O. The highest BCUT2D eigenvalue weighted by Crippen LogP contribution is 2.22. The van der Waals surface area contributed by atoms with E-state index in [9.17, 15) is 4.79 Å². The van der Waals surface area contributed by atoms with Crippen LogP contribution in [0.1, 0.15) is 45.2 Å². The van der Waals surface area contributed by atoms with Crippen LogP contribution in [0.2, 0.25) is 0 Å². The third-order valence-corrected chi connectivity index (χ3v) is 4.85. The zero-order valence-electron chi connectivity index (χ0n) is 15.1. The van der Waals surface area contributed by atoms with Crippen LogP contribution in [0.4, 0.5) is 0 Å². The Morgan fingerprint density at radius 2 is 1.76 bits per heavy atom. The summed E-state index contributed by atoms with van der Waals surface area (Å²) in [5, 5.41) is 3.51. The molecule has 2 aromatic rings. The van der Waals surface area contributed by atoms with Crippen molar-refractivity contribution < 1.29 is 4.79 Å². The van der Waals surface area contributed by atoms with E-state index in [1.54, 1.807) is 0 Å². The molecule has 1 aromatic carbocycles. The minimum Gasteiger partial charge on any atom is -0.339 e. The van der Waals surface area contributed by atoms with Crippen molar-refractivity contribution in [1.82, 2.24) is 20.2 Å². The van der Waals surface area contributed by atoms with E-state index >= 15 is 0 Å². The number of hydrogen-bond donors (Lipinski definition) is 1. The SMILES string of the molecule is CC(C)N1CCC[C@H](N[C@H](C)c2ccc(-c3cncnc3)cc2)C1=O. The Kier molecular flexibility index (Phi) is 5.43. The molecule has 2 heterocycles. The van der Waals surface area contributed by atoms with Crippen molar-refractivity contribution in [1.29, 1.82) is 0 Å². The van der Waals surface area contributed by atoms with Gasteiger partial charge >= 0.3 is 0 Å². The first-order valence-corrected chi connectivity index (χ1v) is 8.98. The van der Waals surface area contributed by atoms with E-state index in [4.69, 9.17) is 0 Å². The molecule has 0 spiro atoms. The van der Waals surface area contributed by atoms with Gasteiger partial charge in [0, 0.05) is 36.6 Å². The summed E-state index contributed by atoms with van der Waals surface area (Å²) >= 11 is 0. The third kappa shape index (κ3) is 4.04. The summed E-state index contributed by atoms with van der Waals surface area (Å²) in [6.07, 6.45) is 7.12. The molecule has 1 aliphatic heterocycles. The van der Waals surface area contributed by atoms with Gasteiger partial charge in [0.25, 0.3) is 0 Å². The van der Waals surface area contributed by atoms with E-state index in [0.717, 1.165) is 30.5 Å². The van der Waals surface area contributed by atoms with Crippen LogP contribution >= 0.6 is 0 Å². The van der Waals surface area contributed by atoms with Gasteiger partial charge in [-0.05, 0) is 44.7 Å². The molecule has 1 aliphatic rings. The highest BCUT2D eigenvalue weighted by Gasteiger charge is 2.30. The third-order valence-electron chi connectivity index (χ3n) is 4.85. The largest absolute Gasteiger partial charge is 0.339 e. The van der Waals surface area contributed by atoms with Crippen molar-refractivity contribution in [2.24, 2.45) is 0 Å². The molecule has 2 atom stereocenters. The maximum Gasteiger partial charge on any atom is 0.239 e. The van der Waals surface area contributed by atoms with Crippen molar-refractivity contribution in [2.75, 3.05) is 6.54 Å². The number of hydrogen-bond acceptors (Lipinski definition) is 4. The molecule has 0 radical (unpaired) electrons. The van der Waals surface area contributed by atoms with Crippen molar-refractivity contribution in [3.8, 4) is 11.1 Å². The number of aromatic nitrogens is 2. The lowest BCUT2D eigenvalue weighted by molar-refractivity contribution is -0.138. The minimum atomic E-state index is -0.0895. The maximum atomic E-state index is 12.6. The Balaban J connectivity index is 1.67. The Morgan fingerprint density at radius 3 is 2.40 bits per heavy atom. The fourth-order valence-corrected chi connectivity index (χ4v) is 3.38. The van der Waals surface area contributed by atoms with E-state index in [2.05, 4.69) is 60.3 Å². The first-order chi connectivity index (χ1) is 12.1. The molecular weight excluding hydrogens is 312 g/mol. The summed E-state index contributed by atoms with van der Waals surface area (Å²) in [7, 11) is 0. The second-order valence-corrected chi connectivity index (χ2v) is 6.96. The first-order valence-electron chi connectivity index (χ1n) is 8.98. The molecule has 0 saturated carbocycles. The summed E-state index contributed by atoms with van der Waals surface area (Å²) < 4.78 is 0. The predicted octanol–water partition coefficient (Wildman–Crippen LogP) is 3.19. The number of nitrogens with one attached hydrogen (secondary N) is 1. The number of likely N-dealkylation sites (tertiary alicyclic amines) is 1. The van der Waals surface area contributed by atoms with Gasteiger partial charge in [0.05, 0.1) is 6.04 Å². The molecule has 1 fully saturated rings. The molecule has 1 saturated heterocycles. The van der Waals surface area contributed by atoms with E-state index in [1.807, 2.05) is 17.3 Å². The molecule has 25 heavy (non-hydrogen) atoms. The summed E-state index contributed by atoms with van der Waals surface area (Å²) in [6.45, 7) is 7.14. The number of carbonyl (C=O) groups excluding carboxylic acids is 1. The molecule has 5 heteroatoms. The van der Waals surface area contributed by atoms with Crippen molar-refractivity contribution in [3.63, 3.8) is 0 Å². The minimum absolute atomic E-state index is 0.0895. The summed E-state index contributed by atoms with van der Waals surface area (Å²) in [4.78, 5) is 22.7. The van der Waals surface area contributed by atoms with Gasteiger partial charge in [0.1, 0.15) is 6.33 Å². The van der Waals surface area contributed by atoms with Crippen LogP contribution in [-0.2, 0) is 4.79 Å². The molecule has 5 nitrogen and oxygen atoms in total. The Bertz CT molecular complexity index is 699. The number of carbonyl (C=O) groups is 1. The average Bonchev–Trinajstić information content (AvgIpc) is 2.64. The molecule has 0 unspecified atom stereocenters. The molecule has 0 bridgehead atoms. The van der Waals surface area contributed by atoms with E-state index in [-0.39, 0.29) is 24.0 Å². The summed E-state index contributed by atoms with van der Waals surface area (Å²) in [6, 6.07) is 8.67. The number of piperidine rings is 1. The molecule has 3 rings (SSSR count). The van der Waals surface area contributed by atoms with Crippen molar-refractivity contribution in [3.05, 3.63) is 48.5 Å². The van der Waals surface area contributed by atoms with Crippen LogP contribution in [0.15, 0.2) is 43.0 Å². The van der Waals surface area contributed by atoms with Gasteiger partial charge in [-0.2, -0.15) is 0 Å². The van der Waals surface area contributed by atoms with Gasteiger partial charge in [-0.25, -0.2) is 9.97 Å². The van der Waals surface area contributed by atoms with Crippen LogP contribution in [-0.4, -0.2) is 39.4 Å². The highest BCUT2D eigenvalue weighted by molar-refractivity contribution is 5.83. The normalized spacial score (nSPS) is 19.3. The fourth-order valence-electron chi connectivity index (χ4n) is 3.38.